The summed E-state index contributed by atoms with van der Waals surface area (Å²) in [6.07, 6.45) is 1.35. The monoisotopic (exact) mass is 256 g/mol. The summed E-state index contributed by atoms with van der Waals surface area (Å²) in [7, 11) is 0. The highest BCUT2D eigenvalue weighted by Gasteiger charge is 2.11. The number of nitrogens with zero attached hydrogens (tertiary/aromatic N) is 4. The molecule has 98 valence electrons. The second kappa shape index (κ2) is 6.12. The van der Waals surface area contributed by atoms with Gasteiger partial charge in [-0.15, -0.1) is 5.10 Å². The zero-order valence-corrected chi connectivity index (χ0v) is 10.9. The van der Waals surface area contributed by atoms with E-state index in [9.17, 15) is 0 Å². The molecule has 2 aromatic rings. The third-order valence-corrected chi connectivity index (χ3v) is 2.99. The normalized spacial score (nSPS) is 10.4. The maximum Gasteiger partial charge on any atom is 0.0991 e. The van der Waals surface area contributed by atoms with Gasteiger partial charge in [-0.05, 0) is 24.1 Å². The van der Waals surface area contributed by atoms with Crippen LogP contribution in [0.25, 0.3) is 0 Å². The predicted molar refractivity (Wildman–Crippen MR) is 70.4 cm³/mol. The molecule has 0 saturated heterocycles. The van der Waals surface area contributed by atoms with Crippen molar-refractivity contribution in [3.63, 3.8) is 0 Å². The summed E-state index contributed by atoms with van der Waals surface area (Å²) >= 11 is 0. The number of aromatic nitrogens is 3. The molecule has 19 heavy (non-hydrogen) atoms. The van der Waals surface area contributed by atoms with Gasteiger partial charge in [0, 0.05) is 13.0 Å². The molecule has 0 unspecified atom stereocenters. The van der Waals surface area contributed by atoms with Gasteiger partial charge in [0.1, 0.15) is 0 Å². The van der Waals surface area contributed by atoms with Crippen LogP contribution in [0.2, 0.25) is 0 Å². The summed E-state index contributed by atoms with van der Waals surface area (Å²) in [5, 5.41) is 26.1. The average Bonchev–Trinajstić information content (AvgIpc) is 2.81. The van der Waals surface area contributed by atoms with E-state index >= 15 is 0 Å². The van der Waals surface area contributed by atoms with Crippen LogP contribution in [0.1, 0.15) is 29.4 Å². The second-order valence-electron chi connectivity index (χ2n) is 4.28. The summed E-state index contributed by atoms with van der Waals surface area (Å²) in [4.78, 5) is 0. The highest BCUT2D eigenvalue weighted by molar-refractivity contribution is 5.33. The topological polar surface area (TPSA) is 74.7 Å². The number of aliphatic hydroxyl groups is 1. The molecule has 0 aliphatic heterocycles. The molecule has 0 amide bonds. The molecule has 0 bridgehead atoms. The van der Waals surface area contributed by atoms with E-state index in [1.165, 1.54) is 0 Å². The van der Waals surface area contributed by atoms with Gasteiger partial charge in [-0.3, -0.25) is 0 Å². The highest BCUT2D eigenvalue weighted by Crippen LogP contribution is 2.11. The molecular formula is C14H16N4O. The first-order valence-corrected chi connectivity index (χ1v) is 6.29. The summed E-state index contributed by atoms with van der Waals surface area (Å²) in [6, 6.07) is 9.60. The van der Waals surface area contributed by atoms with Crippen molar-refractivity contribution in [2.75, 3.05) is 6.61 Å². The van der Waals surface area contributed by atoms with Gasteiger partial charge in [0.2, 0.25) is 0 Å². The molecular weight excluding hydrogens is 240 g/mol. The first-order valence-electron chi connectivity index (χ1n) is 6.29. The van der Waals surface area contributed by atoms with Gasteiger partial charge in [-0.2, -0.15) is 5.26 Å². The van der Waals surface area contributed by atoms with Crippen LogP contribution in [0.15, 0.2) is 24.3 Å². The van der Waals surface area contributed by atoms with Crippen molar-refractivity contribution in [1.82, 2.24) is 15.0 Å². The van der Waals surface area contributed by atoms with Crippen molar-refractivity contribution in [3.05, 3.63) is 46.8 Å². The summed E-state index contributed by atoms with van der Waals surface area (Å²) < 4.78 is 1.83. The molecule has 0 saturated carbocycles. The number of hydrogen-bond donors (Lipinski definition) is 1. The molecule has 1 N–H and O–H groups in total. The lowest BCUT2D eigenvalue weighted by atomic mass is 10.1. The molecule has 0 aliphatic carbocycles. The first kappa shape index (κ1) is 13.2. The Labute approximate surface area is 112 Å². The molecule has 0 aliphatic rings. The lowest BCUT2D eigenvalue weighted by Crippen LogP contribution is -2.07. The lowest BCUT2D eigenvalue weighted by molar-refractivity contribution is 0.298. The Hall–Kier alpha value is -2.19. The fourth-order valence-corrected chi connectivity index (χ4v) is 2.09. The number of aliphatic hydroxyl groups excluding tert-OH is 1. The maximum absolute atomic E-state index is 8.99. The molecule has 2 rings (SSSR count). The van der Waals surface area contributed by atoms with Gasteiger partial charge in [-0.25, -0.2) is 4.68 Å². The Morgan fingerprint density at radius 3 is 2.95 bits per heavy atom. The van der Waals surface area contributed by atoms with E-state index < -0.39 is 0 Å². The SMILES string of the molecule is CCc1c(CCO)nnn1Cc1cccc(C#N)c1. The zero-order chi connectivity index (χ0) is 13.7. The van der Waals surface area contributed by atoms with E-state index in [0.717, 1.165) is 23.4 Å². The molecule has 0 atom stereocenters. The average molecular weight is 256 g/mol. The molecule has 1 aromatic carbocycles. The summed E-state index contributed by atoms with van der Waals surface area (Å²) in [5.74, 6) is 0. The third kappa shape index (κ3) is 2.98. The zero-order valence-electron chi connectivity index (χ0n) is 10.9. The molecule has 5 nitrogen and oxygen atoms in total. The Bertz CT molecular complexity index is 598. The minimum absolute atomic E-state index is 0.0790. The van der Waals surface area contributed by atoms with Gasteiger partial charge in [0.25, 0.3) is 0 Å². The Morgan fingerprint density at radius 2 is 2.26 bits per heavy atom. The quantitative estimate of drug-likeness (QED) is 0.874. The van der Waals surface area contributed by atoms with E-state index in [2.05, 4.69) is 16.4 Å². The number of nitriles is 1. The highest BCUT2D eigenvalue weighted by atomic mass is 16.3. The summed E-state index contributed by atoms with van der Waals surface area (Å²) in [6.45, 7) is 2.72. The Kier molecular flexibility index (Phi) is 4.26. The van der Waals surface area contributed by atoms with Gasteiger partial charge in [0.15, 0.2) is 0 Å². The van der Waals surface area contributed by atoms with Crippen LogP contribution < -0.4 is 0 Å². The van der Waals surface area contributed by atoms with Crippen LogP contribution in [0.5, 0.6) is 0 Å². The van der Waals surface area contributed by atoms with Crippen LogP contribution in [0.3, 0.4) is 0 Å². The predicted octanol–water partition coefficient (Wildman–Crippen LogP) is 1.30. The van der Waals surface area contributed by atoms with Crippen molar-refractivity contribution in [3.8, 4) is 6.07 Å². The third-order valence-electron chi connectivity index (χ3n) is 2.99. The lowest BCUT2D eigenvalue weighted by Gasteiger charge is -2.06. The van der Waals surface area contributed by atoms with E-state index in [1.807, 2.05) is 29.8 Å². The van der Waals surface area contributed by atoms with E-state index in [0.29, 0.717) is 18.5 Å². The van der Waals surface area contributed by atoms with Gasteiger partial charge in [-0.1, -0.05) is 24.3 Å². The Morgan fingerprint density at radius 1 is 1.42 bits per heavy atom. The number of rotatable bonds is 5. The molecule has 5 heteroatoms. The Balaban J connectivity index is 2.25. The van der Waals surface area contributed by atoms with E-state index in [-0.39, 0.29) is 6.61 Å². The van der Waals surface area contributed by atoms with Crippen LogP contribution in [-0.2, 0) is 19.4 Å². The molecule has 0 radical (unpaired) electrons. The van der Waals surface area contributed by atoms with Crippen LogP contribution in [0, 0.1) is 11.3 Å². The summed E-state index contributed by atoms with van der Waals surface area (Å²) in [5.41, 5.74) is 3.55. The molecule has 0 fully saturated rings. The van der Waals surface area contributed by atoms with Gasteiger partial charge in [0.05, 0.1) is 29.6 Å². The van der Waals surface area contributed by atoms with Crippen LogP contribution >= 0.6 is 0 Å². The number of benzene rings is 1. The minimum Gasteiger partial charge on any atom is -0.396 e. The van der Waals surface area contributed by atoms with Crippen LogP contribution in [-0.4, -0.2) is 26.7 Å². The standard InChI is InChI=1S/C14H16N4O/c1-2-14-13(6-7-19)16-17-18(14)10-12-5-3-4-11(8-12)9-15/h3-5,8,19H,2,6-7,10H2,1H3. The molecule has 1 aromatic heterocycles. The van der Waals surface area contributed by atoms with Gasteiger partial charge < -0.3 is 5.11 Å². The van der Waals surface area contributed by atoms with Crippen molar-refractivity contribution in [1.29, 1.82) is 5.26 Å². The van der Waals surface area contributed by atoms with Gasteiger partial charge >= 0.3 is 0 Å². The number of hydrogen-bond acceptors (Lipinski definition) is 4. The largest absolute Gasteiger partial charge is 0.396 e. The molecule has 1 heterocycles. The van der Waals surface area contributed by atoms with Crippen molar-refractivity contribution >= 4 is 0 Å². The first-order chi connectivity index (χ1) is 9.28. The smallest absolute Gasteiger partial charge is 0.0991 e. The maximum atomic E-state index is 8.99. The minimum atomic E-state index is 0.0790. The second-order valence-corrected chi connectivity index (χ2v) is 4.28. The fourth-order valence-electron chi connectivity index (χ4n) is 2.09. The van der Waals surface area contributed by atoms with Crippen molar-refractivity contribution in [2.24, 2.45) is 0 Å². The van der Waals surface area contributed by atoms with Crippen molar-refractivity contribution in [2.45, 2.75) is 26.3 Å². The van der Waals surface area contributed by atoms with E-state index in [1.54, 1.807) is 6.07 Å². The molecule has 0 spiro atoms. The fraction of sp³-hybridized carbons (Fsp3) is 0.357. The van der Waals surface area contributed by atoms with Crippen molar-refractivity contribution < 1.29 is 5.11 Å². The van der Waals surface area contributed by atoms with Crippen LogP contribution in [0.4, 0.5) is 0 Å². The van der Waals surface area contributed by atoms with E-state index in [4.69, 9.17) is 10.4 Å².